The Bertz CT molecular complexity index is 580. The fourth-order valence-electron chi connectivity index (χ4n) is 2.40. The molecule has 0 unspecified atom stereocenters. The number of anilines is 1. The molecule has 1 aromatic carbocycles. The molecule has 0 radical (unpaired) electrons. The summed E-state index contributed by atoms with van der Waals surface area (Å²) in [5, 5.41) is 0. The van der Waals surface area contributed by atoms with Crippen LogP contribution in [0, 0.1) is 0 Å². The maximum Gasteiger partial charge on any atom is 0.299 e. The summed E-state index contributed by atoms with van der Waals surface area (Å²) in [5.41, 5.74) is 5.58. The number of para-hydroxylation sites is 1. The minimum absolute atomic E-state index is 0.0398. The quantitative estimate of drug-likeness (QED) is 0.765. The molecular weight excluding hydrogens is 278 g/mol. The van der Waals surface area contributed by atoms with Crippen LogP contribution in [0.2, 0.25) is 0 Å². The number of amides is 1. The Hall–Kier alpha value is -1.60. The van der Waals surface area contributed by atoms with Crippen LogP contribution in [0.5, 0.6) is 0 Å². The summed E-state index contributed by atoms with van der Waals surface area (Å²) in [6.07, 6.45) is 4.91. The lowest BCUT2D eigenvalue weighted by Crippen LogP contribution is -2.40. The Labute approximate surface area is 118 Å². The number of hydrogen-bond acceptors (Lipinski definition) is 3. The molecule has 1 aliphatic carbocycles. The van der Waals surface area contributed by atoms with E-state index in [1.165, 1.54) is 12.1 Å². The molecule has 6 nitrogen and oxygen atoms in total. The van der Waals surface area contributed by atoms with Gasteiger partial charge in [-0.3, -0.25) is 9.52 Å². The van der Waals surface area contributed by atoms with Crippen molar-refractivity contribution in [3.8, 4) is 0 Å². The molecular formula is C13H19N3O3S. The standard InChI is InChI=1S/C13H19N3O3S/c14-13(17)11-8-4-5-9-12(11)16-20(18,19)15-10-6-2-1-3-7-10/h4-5,8-10,15-16H,1-3,6-7H2,(H2,14,17). The monoisotopic (exact) mass is 297 g/mol. The van der Waals surface area contributed by atoms with Crippen molar-refractivity contribution in [3.05, 3.63) is 29.8 Å². The van der Waals surface area contributed by atoms with E-state index in [9.17, 15) is 13.2 Å². The van der Waals surface area contributed by atoms with Crippen LogP contribution >= 0.6 is 0 Å². The first-order chi connectivity index (χ1) is 9.48. The number of primary amides is 1. The van der Waals surface area contributed by atoms with Crippen molar-refractivity contribution in [2.45, 2.75) is 38.1 Å². The number of benzene rings is 1. The Balaban J connectivity index is 2.10. The lowest BCUT2D eigenvalue weighted by Gasteiger charge is -2.23. The number of carbonyl (C=O) groups is 1. The minimum atomic E-state index is -3.70. The van der Waals surface area contributed by atoms with Crippen LogP contribution < -0.4 is 15.2 Å². The van der Waals surface area contributed by atoms with Gasteiger partial charge in [-0.15, -0.1) is 0 Å². The normalized spacial score (nSPS) is 16.8. The number of hydrogen-bond donors (Lipinski definition) is 3. The van der Waals surface area contributed by atoms with E-state index in [0.29, 0.717) is 0 Å². The second-order valence-corrected chi connectivity index (χ2v) is 6.41. The van der Waals surface area contributed by atoms with E-state index in [0.717, 1.165) is 32.1 Å². The maximum atomic E-state index is 12.1. The van der Waals surface area contributed by atoms with Crippen molar-refractivity contribution in [1.82, 2.24) is 4.72 Å². The van der Waals surface area contributed by atoms with Gasteiger partial charge in [0, 0.05) is 6.04 Å². The zero-order valence-corrected chi connectivity index (χ0v) is 11.9. The van der Waals surface area contributed by atoms with Crippen LogP contribution in [-0.2, 0) is 10.2 Å². The Morgan fingerprint density at radius 3 is 2.45 bits per heavy atom. The lowest BCUT2D eigenvalue weighted by molar-refractivity contribution is 0.100. The topological polar surface area (TPSA) is 101 Å². The molecule has 0 atom stereocenters. The summed E-state index contributed by atoms with van der Waals surface area (Å²) < 4.78 is 29.1. The highest BCUT2D eigenvalue weighted by Gasteiger charge is 2.21. The van der Waals surface area contributed by atoms with Crippen LogP contribution in [0.15, 0.2) is 24.3 Å². The highest BCUT2D eigenvalue weighted by Crippen LogP contribution is 2.19. The minimum Gasteiger partial charge on any atom is -0.366 e. The molecule has 0 aliphatic heterocycles. The summed E-state index contributed by atoms with van der Waals surface area (Å²) in [5.74, 6) is -0.666. The van der Waals surface area contributed by atoms with Gasteiger partial charge in [0.25, 0.3) is 16.1 Å². The fourth-order valence-corrected chi connectivity index (χ4v) is 3.60. The van der Waals surface area contributed by atoms with Gasteiger partial charge in [0.15, 0.2) is 0 Å². The van der Waals surface area contributed by atoms with Crippen LogP contribution in [0.3, 0.4) is 0 Å². The van der Waals surface area contributed by atoms with Crippen molar-refractivity contribution in [1.29, 1.82) is 0 Å². The molecule has 0 spiro atoms. The van der Waals surface area contributed by atoms with Crippen LogP contribution in [-0.4, -0.2) is 20.4 Å². The summed E-state index contributed by atoms with van der Waals surface area (Å²) in [6, 6.07) is 6.24. The van der Waals surface area contributed by atoms with E-state index in [4.69, 9.17) is 5.73 Å². The molecule has 1 fully saturated rings. The van der Waals surface area contributed by atoms with Crippen LogP contribution in [0.25, 0.3) is 0 Å². The van der Waals surface area contributed by atoms with Crippen molar-refractivity contribution < 1.29 is 13.2 Å². The van der Waals surface area contributed by atoms with Gasteiger partial charge >= 0.3 is 0 Å². The predicted octanol–water partition coefficient (Wildman–Crippen LogP) is 1.36. The Kier molecular flexibility index (Phi) is 4.61. The molecule has 110 valence electrons. The zero-order valence-electron chi connectivity index (χ0n) is 11.1. The summed E-state index contributed by atoms with van der Waals surface area (Å²) in [6.45, 7) is 0. The third-order valence-corrected chi connectivity index (χ3v) is 4.50. The molecule has 2 rings (SSSR count). The lowest BCUT2D eigenvalue weighted by atomic mass is 9.96. The first-order valence-electron chi connectivity index (χ1n) is 6.67. The molecule has 7 heteroatoms. The molecule has 0 bridgehead atoms. The van der Waals surface area contributed by atoms with E-state index < -0.39 is 16.1 Å². The highest BCUT2D eigenvalue weighted by atomic mass is 32.2. The molecule has 1 aliphatic rings. The van der Waals surface area contributed by atoms with Gasteiger partial charge in [0.1, 0.15) is 0 Å². The van der Waals surface area contributed by atoms with Crippen molar-refractivity contribution in [2.75, 3.05) is 4.72 Å². The number of carbonyl (C=O) groups excluding carboxylic acids is 1. The first kappa shape index (κ1) is 14.8. The van der Waals surface area contributed by atoms with E-state index in [2.05, 4.69) is 9.44 Å². The molecule has 20 heavy (non-hydrogen) atoms. The average Bonchev–Trinajstić information content (AvgIpc) is 2.39. The fraction of sp³-hybridized carbons (Fsp3) is 0.462. The molecule has 0 aromatic heterocycles. The molecule has 1 saturated carbocycles. The first-order valence-corrected chi connectivity index (χ1v) is 8.15. The molecule has 4 N–H and O–H groups in total. The van der Waals surface area contributed by atoms with Gasteiger partial charge in [0.2, 0.25) is 0 Å². The third-order valence-electron chi connectivity index (χ3n) is 3.36. The summed E-state index contributed by atoms with van der Waals surface area (Å²) in [4.78, 5) is 11.3. The molecule has 1 aromatic rings. The molecule has 0 heterocycles. The average molecular weight is 297 g/mol. The number of rotatable bonds is 5. The van der Waals surface area contributed by atoms with Gasteiger partial charge in [-0.25, -0.2) is 0 Å². The van der Waals surface area contributed by atoms with Crippen LogP contribution in [0.4, 0.5) is 5.69 Å². The van der Waals surface area contributed by atoms with Gasteiger partial charge in [-0.1, -0.05) is 31.4 Å². The van der Waals surface area contributed by atoms with E-state index in [1.54, 1.807) is 12.1 Å². The van der Waals surface area contributed by atoms with Crippen molar-refractivity contribution >= 4 is 21.8 Å². The van der Waals surface area contributed by atoms with E-state index in [-0.39, 0.29) is 17.3 Å². The number of nitrogens with one attached hydrogen (secondary N) is 2. The number of nitrogens with two attached hydrogens (primary N) is 1. The summed E-state index contributed by atoms with van der Waals surface area (Å²) >= 11 is 0. The maximum absolute atomic E-state index is 12.1. The zero-order chi connectivity index (χ0) is 14.6. The van der Waals surface area contributed by atoms with Gasteiger partial charge in [-0.05, 0) is 25.0 Å². The van der Waals surface area contributed by atoms with Crippen molar-refractivity contribution in [3.63, 3.8) is 0 Å². The second-order valence-electron chi connectivity index (χ2n) is 4.97. The Morgan fingerprint density at radius 1 is 1.15 bits per heavy atom. The van der Waals surface area contributed by atoms with Gasteiger partial charge in [-0.2, -0.15) is 13.1 Å². The SMILES string of the molecule is NC(=O)c1ccccc1NS(=O)(=O)NC1CCCCC1. The van der Waals surface area contributed by atoms with Gasteiger partial charge < -0.3 is 5.73 Å². The third kappa shape index (κ3) is 3.94. The Morgan fingerprint density at radius 2 is 1.80 bits per heavy atom. The molecule has 0 saturated heterocycles. The van der Waals surface area contributed by atoms with Crippen LogP contribution in [0.1, 0.15) is 42.5 Å². The largest absolute Gasteiger partial charge is 0.366 e. The molecule has 1 amide bonds. The predicted molar refractivity (Wildman–Crippen MR) is 77.5 cm³/mol. The van der Waals surface area contributed by atoms with Crippen molar-refractivity contribution in [2.24, 2.45) is 5.73 Å². The smallest absolute Gasteiger partial charge is 0.299 e. The van der Waals surface area contributed by atoms with E-state index in [1.807, 2.05) is 0 Å². The van der Waals surface area contributed by atoms with E-state index >= 15 is 0 Å². The van der Waals surface area contributed by atoms with Gasteiger partial charge in [0.05, 0.1) is 11.3 Å². The second kappa shape index (κ2) is 6.23. The summed E-state index contributed by atoms with van der Waals surface area (Å²) in [7, 11) is -3.70. The highest BCUT2D eigenvalue weighted by molar-refractivity contribution is 7.90.